The highest BCUT2D eigenvalue weighted by molar-refractivity contribution is 7.93. The van der Waals surface area contributed by atoms with E-state index in [9.17, 15) is 13.2 Å². The summed E-state index contributed by atoms with van der Waals surface area (Å²) in [5.41, 5.74) is 4.64. The van der Waals surface area contributed by atoms with Crippen LogP contribution in [0.2, 0.25) is 0 Å². The van der Waals surface area contributed by atoms with Gasteiger partial charge in [-0.3, -0.25) is 9.10 Å². The largest absolute Gasteiger partial charge is 0.496 e. The number of nitrogens with one attached hydrogen (secondary N) is 1. The number of carbonyl (C=O) groups excluding carboxylic acids is 1. The number of rotatable bonds is 8. The van der Waals surface area contributed by atoms with E-state index < -0.39 is 15.3 Å². The van der Waals surface area contributed by atoms with E-state index >= 15 is 0 Å². The minimum Gasteiger partial charge on any atom is -0.496 e. The lowest BCUT2D eigenvalue weighted by Crippen LogP contribution is -2.36. The Hall–Kier alpha value is -3.32. The molecule has 3 aromatic carbocycles. The summed E-state index contributed by atoms with van der Waals surface area (Å²) in [4.78, 5) is 12.6. The van der Waals surface area contributed by atoms with Crippen molar-refractivity contribution < 1.29 is 17.9 Å². The molecule has 0 aliphatic carbocycles. The van der Waals surface area contributed by atoms with Crippen LogP contribution in [0.3, 0.4) is 0 Å². The summed E-state index contributed by atoms with van der Waals surface area (Å²) in [7, 11) is -2.02. The van der Waals surface area contributed by atoms with E-state index in [1.807, 2.05) is 44.2 Å². The average Bonchev–Trinajstić information content (AvgIpc) is 2.80. The number of aryl methyl sites for hydroxylation is 2. The van der Waals surface area contributed by atoms with Gasteiger partial charge in [0.2, 0.25) is 10.0 Å². The second-order valence-electron chi connectivity index (χ2n) is 8.22. The molecule has 174 valence electrons. The van der Waals surface area contributed by atoms with Gasteiger partial charge in [0.15, 0.2) is 0 Å². The summed E-state index contributed by atoms with van der Waals surface area (Å²) < 4.78 is 32.9. The molecule has 0 fully saturated rings. The smallest absolute Gasteiger partial charge is 0.259 e. The predicted octanol–water partition coefficient (Wildman–Crippen LogP) is 5.31. The fraction of sp³-hybridized carbons (Fsp3) is 0.269. The summed E-state index contributed by atoms with van der Waals surface area (Å²) in [6.45, 7) is 7.53. The minimum absolute atomic E-state index is 0.198. The lowest BCUT2D eigenvalue weighted by molar-refractivity contribution is 0.102. The zero-order valence-corrected chi connectivity index (χ0v) is 20.4. The van der Waals surface area contributed by atoms with Crippen LogP contribution in [0, 0.1) is 13.8 Å². The first kappa shape index (κ1) is 24.3. The zero-order chi connectivity index (χ0) is 24.2. The van der Waals surface area contributed by atoms with E-state index in [1.54, 1.807) is 50.2 Å². The van der Waals surface area contributed by atoms with Gasteiger partial charge in [0, 0.05) is 5.69 Å². The van der Waals surface area contributed by atoms with Gasteiger partial charge >= 0.3 is 0 Å². The maximum Gasteiger partial charge on any atom is 0.259 e. The van der Waals surface area contributed by atoms with Crippen molar-refractivity contribution in [2.45, 2.75) is 39.5 Å². The molecule has 1 amide bonds. The van der Waals surface area contributed by atoms with Crippen LogP contribution in [0.25, 0.3) is 0 Å². The van der Waals surface area contributed by atoms with Gasteiger partial charge in [0.25, 0.3) is 5.91 Å². The average molecular weight is 467 g/mol. The number of hydrogen-bond acceptors (Lipinski definition) is 4. The second kappa shape index (κ2) is 10.1. The number of sulfonamides is 1. The van der Waals surface area contributed by atoms with Crippen LogP contribution in [-0.2, 0) is 16.6 Å². The number of carbonyl (C=O) groups is 1. The molecule has 0 saturated heterocycles. The van der Waals surface area contributed by atoms with Crippen molar-refractivity contribution in [3.63, 3.8) is 0 Å². The number of para-hydroxylation sites is 1. The number of benzene rings is 3. The Labute approximate surface area is 196 Å². The van der Waals surface area contributed by atoms with Gasteiger partial charge < -0.3 is 10.1 Å². The summed E-state index contributed by atoms with van der Waals surface area (Å²) in [6.07, 6.45) is 0. The molecular weight excluding hydrogens is 436 g/mol. The van der Waals surface area contributed by atoms with Gasteiger partial charge in [0.05, 0.1) is 30.2 Å². The molecule has 0 radical (unpaired) electrons. The number of hydrogen-bond donors (Lipinski definition) is 1. The van der Waals surface area contributed by atoms with Crippen LogP contribution in [-0.4, -0.2) is 26.7 Å². The van der Waals surface area contributed by atoms with Gasteiger partial charge in [0.1, 0.15) is 5.75 Å². The maximum absolute atomic E-state index is 13.1. The SMILES string of the molecule is COc1ccccc1C(=O)Nc1ccc(CN(c2ccc(C)c(C)c2)S(=O)(=O)C(C)C)cc1. The molecule has 0 bridgehead atoms. The van der Waals surface area contributed by atoms with E-state index in [2.05, 4.69) is 5.32 Å². The zero-order valence-electron chi connectivity index (χ0n) is 19.6. The lowest BCUT2D eigenvalue weighted by Gasteiger charge is -2.27. The van der Waals surface area contributed by atoms with E-state index in [4.69, 9.17) is 4.74 Å². The standard InChI is InChI=1S/C26H30N2O4S/c1-18(2)33(30,31)28(23-15-10-19(3)20(4)16-23)17-21-11-13-22(14-12-21)27-26(29)24-8-6-7-9-25(24)32-5/h6-16,18H,17H2,1-5H3,(H,27,29). The molecular formula is C26H30N2O4S. The fourth-order valence-corrected chi connectivity index (χ4v) is 4.60. The van der Waals surface area contributed by atoms with Gasteiger partial charge in [-0.15, -0.1) is 0 Å². The van der Waals surface area contributed by atoms with E-state index in [-0.39, 0.29) is 12.5 Å². The molecule has 0 aliphatic heterocycles. The number of amides is 1. The number of methoxy groups -OCH3 is 1. The van der Waals surface area contributed by atoms with Gasteiger partial charge in [-0.05, 0) is 80.8 Å². The maximum atomic E-state index is 13.1. The van der Waals surface area contributed by atoms with Crippen LogP contribution < -0.4 is 14.4 Å². The van der Waals surface area contributed by atoms with Crippen LogP contribution in [0.4, 0.5) is 11.4 Å². The normalized spacial score (nSPS) is 11.3. The highest BCUT2D eigenvalue weighted by atomic mass is 32.2. The first-order chi connectivity index (χ1) is 15.6. The highest BCUT2D eigenvalue weighted by Gasteiger charge is 2.26. The third kappa shape index (κ3) is 5.54. The highest BCUT2D eigenvalue weighted by Crippen LogP contribution is 2.26. The summed E-state index contributed by atoms with van der Waals surface area (Å²) >= 11 is 0. The van der Waals surface area contributed by atoms with Crippen LogP contribution in [0.15, 0.2) is 66.7 Å². The molecule has 33 heavy (non-hydrogen) atoms. The minimum atomic E-state index is -3.54. The first-order valence-corrected chi connectivity index (χ1v) is 12.3. The summed E-state index contributed by atoms with van der Waals surface area (Å²) in [5, 5.41) is 2.30. The molecule has 6 nitrogen and oxygen atoms in total. The van der Waals surface area contributed by atoms with Crippen molar-refractivity contribution in [3.8, 4) is 5.75 Å². The molecule has 0 aromatic heterocycles. The van der Waals surface area contributed by atoms with Gasteiger partial charge in [-0.25, -0.2) is 8.42 Å². The molecule has 3 rings (SSSR count). The van der Waals surface area contributed by atoms with E-state index in [1.165, 1.54) is 11.4 Å². The predicted molar refractivity (Wildman–Crippen MR) is 134 cm³/mol. The Morgan fingerprint density at radius 2 is 1.64 bits per heavy atom. The van der Waals surface area contributed by atoms with Crippen LogP contribution >= 0.6 is 0 Å². The Bertz CT molecular complexity index is 1240. The van der Waals surface area contributed by atoms with Crippen molar-refractivity contribution in [2.24, 2.45) is 0 Å². The molecule has 0 saturated carbocycles. The summed E-state index contributed by atoms with van der Waals surface area (Å²) in [6, 6.07) is 19.9. The van der Waals surface area contributed by atoms with Crippen molar-refractivity contribution in [3.05, 3.63) is 89.0 Å². The van der Waals surface area contributed by atoms with Crippen molar-refractivity contribution in [1.82, 2.24) is 0 Å². The van der Waals surface area contributed by atoms with E-state index in [0.29, 0.717) is 22.7 Å². The van der Waals surface area contributed by atoms with Crippen molar-refractivity contribution in [1.29, 1.82) is 0 Å². The molecule has 0 unspecified atom stereocenters. The Kier molecular flexibility index (Phi) is 7.43. The number of nitrogens with zero attached hydrogens (tertiary/aromatic N) is 1. The molecule has 0 spiro atoms. The van der Waals surface area contributed by atoms with Gasteiger partial charge in [-0.1, -0.05) is 30.3 Å². The Morgan fingerprint density at radius 3 is 2.24 bits per heavy atom. The molecule has 3 aromatic rings. The van der Waals surface area contributed by atoms with Crippen molar-refractivity contribution in [2.75, 3.05) is 16.7 Å². The molecule has 0 heterocycles. The van der Waals surface area contributed by atoms with Gasteiger partial charge in [-0.2, -0.15) is 0 Å². The van der Waals surface area contributed by atoms with Crippen molar-refractivity contribution >= 4 is 27.3 Å². The Balaban J connectivity index is 1.83. The number of anilines is 2. The first-order valence-electron chi connectivity index (χ1n) is 10.8. The monoisotopic (exact) mass is 466 g/mol. The molecule has 0 atom stereocenters. The number of ether oxygens (including phenoxy) is 1. The second-order valence-corrected chi connectivity index (χ2v) is 10.6. The third-order valence-corrected chi connectivity index (χ3v) is 7.72. The van der Waals surface area contributed by atoms with E-state index in [0.717, 1.165) is 16.7 Å². The third-order valence-electron chi connectivity index (χ3n) is 5.57. The molecule has 1 N–H and O–H groups in total. The Morgan fingerprint density at radius 1 is 0.970 bits per heavy atom. The molecule has 0 aliphatic rings. The van der Waals surface area contributed by atoms with Crippen LogP contribution in [0.1, 0.15) is 40.9 Å². The quantitative estimate of drug-likeness (QED) is 0.488. The topological polar surface area (TPSA) is 75.7 Å². The van der Waals surface area contributed by atoms with Crippen LogP contribution in [0.5, 0.6) is 5.75 Å². The summed E-state index contributed by atoms with van der Waals surface area (Å²) in [5.74, 6) is 0.217. The lowest BCUT2D eigenvalue weighted by atomic mass is 10.1. The fourth-order valence-electron chi connectivity index (χ4n) is 3.35. The molecule has 7 heteroatoms.